The first-order valence-corrected chi connectivity index (χ1v) is 6.95. The summed E-state index contributed by atoms with van der Waals surface area (Å²) in [5.74, 6) is 0. The van der Waals surface area contributed by atoms with Gasteiger partial charge in [-0.1, -0.05) is 12.2 Å². The summed E-state index contributed by atoms with van der Waals surface area (Å²) < 4.78 is 2.78. The molecule has 6 heteroatoms. The average molecular weight is 339 g/mol. The van der Waals surface area contributed by atoms with Crippen molar-refractivity contribution in [1.82, 2.24) is 9.78 Å². The highest BCUT2D eigenvalue weighted by atomic mass is 79.9. The van der Waals surface area contributed by atoms with Crippen molar-refractivity contribution >= 4 is 38.8 Å². The minimum absolute atomic E-state index is 0.405. The van der Waals surface area contributed by atoms with Gasteiger partial charge in [0, 0.05) is 42.4 Å². The van der Waals surface area contributed by atoms with Gasteiger partial charge in [0.05, 0.1) is 11.9 Å². The maximum absolute atomic E-state index is 5.62. The van der Waals surface area contributed by atoms with Gasteiger partial charge in [0.1, 0.15) is 4.99 Å². The van der Waals surface area contributed by atoms with E-state index in [1.807, 2.05) is 44.7 Å². The Bertz CT molecular complexity index is 608. The summed E-state index contributed by atoms with van der Waals surface area (Å²) in [7, 11) is 3.95. The predicted molar refractivity (Wildman–Crippen MR) is 85.3 cm³/mol. The van der Waals surface area contributed by atoms with Crippen LogP contribution in [-0.4, -0.2) is 21.8 Å². The second-order valence-corrected chi connectivity index (χ2v) is 5.70. The van der Waals surface area contributed by atoms with Crippen molar-refractivity contribution in [3.8, 4) is 0 Å². The minimum Gasteiger partial charge on any atom is -0.389 e. The van der Waals surface area contributed by atoms with Crippen molar-refractivity contribution < 1.29 is 0 Å². The lowest BCUT2D eigenvalue weighted by Gasteiger charge is -2.20. The largest absolute Gasteiger partial charge is 0.389 e. The van der Waals surface area contributed by atoms with Crippen LogP contribution < -0.4 is 10.6 Å². The van der Waals surface area contributed by atoms with Crippen molar-refractivity contribution in [2.75, 3.05) is 11.9 Å². The smallest absolute Gasteiger partial charge is 0.104 e. The molecule has 2 aromatic rings. The molecule has 0 atom stereocenters. The Morgan fingerprint density at radius 1 is 1.53 bits per heavy atom. The number of aryl methyl sites for hydroxylation is 1. The van der Waals surface area contributed by atoms with Crippen LogP contribution in [0.5, 0.6) is 0 Å². The first-order valence-electron chi connectivity index (χ1n) is 5.75. The maximum atomic E-state index is 5.62. The monoisotopic (exact) mass is 338 g/mol. The zero-order valence-electron chi connectivity index (χ0n) is 10.8. The van der Waals surface area contributed by atoms with Crippen molar-refractivity contribution in [1.29, 1.82) is 0 Å². The number of anilines is 1. The number of hydrogen-bond acceptors (Lipinski definition) is 3. The van der Waals surface area contributed by atoms with Gasteiger partial charge in [-0.3, -0.25) is 4.68 Å². The minimum atomic E-state index is 0.405. The summed E-state index contributed by atoms with van der Waals surface area (Å²) in [4.78, 5) is 2.55. The molecule has 100 valence electrons. The highest BCUT2D eigenvalue weighted by Crippen LogP contribution is 2.27. The molecule has 0 radical (unpaired) electrons. The van der Waals surface area contributed by atoms with E-state index in [1.165, 1.54) is 0 Å². The van der Waals surface area contributed by atoms with Crippen molar-refractivity contribution in [3.05, 3.63) is 46.2 Å². The number of rotatable bonds is 4. The average Bonchev–Trinajstić information content (AvgIpc) is 2.74. The number of benzene rings is 1. The fraction of sp³-hybridized carbons (Fsp3) is 0.231. The van der Waals surface area contributed by atoms with Crippen LogP contribution in [0.1, 0.15) is 11.1 Å². The molecule has 2 N–H and O–H groups in total. The third-order valence-electron chi connectivity index (χ3n) is 2.82. The number of hydrogen-bond donors (Lipinski definition) is 1. The molecule has 0 aliphatic heterocycles. The highest BCUT2D eigenvalue weighted by molar-refractivity contribution is 9.10. The SMILES string of the molecule is CN(Cc1cnn(C)c1)c1ccc(C(N)=S)cc1Br. The van der Waals surface area contributed by atoms with Crippen LogP contribution in [0.4, 0.5) is 5.69 Å². The number of thiocarbonyl (C=S) groups is 1. The normalized spacial score (nSPS) is 10.5. The van der Waals surface area contributed by atoms with E-state index in [1.54, 1.807) is 4.68 Å². The fourth-order valence-corrected chi connectivity index (χ4v) is 2.69. The molecule has 1 aromatic heterocycles. The van der Waals surface area contributed by atoms with Crippen LogP contribution >= 0.6 is 28.1 Å². The lowest BCUT2D eigenvalue weighted by molar-refractivity contribution is 0.766. The summed E-state index contributed by atoms with van der Waals surface area (Å²) in [6.07, 6.45) is 3.88. The van der Waals surface area contributed by atoms with Crippen LogP contribution in [0.3, 0.4) is 0 Å². The molecule has 0 bridgehead atoms. The number of nitrogens with two attached hydrogens (primary N) is 1. The molecule has 19 heavy (non-hydrogen) atoms. The van der Waals surface area contributed by atoms with Gasteiger partial charge in [-0.05, 0) is 34.1 Å². The molecule has 1 aromatic carbocycles. The van der Waals surface area contributed by atoms with E-state index in [-0.39, 0.29) is 0 Å². The number of nitrogens with zero attached hydrogens (tertiary/aromatic N) is 3. The van der Waals surface area contributed by atoms with E-state index < -0.39 is 0 Å². The van der Waals surface area contributed by atoms with E-state index in [0.29, 0.717) is 4.99 Å². The Balaban J connectivity index is 2.19. The van der Waals surface area contributed by atoms with Crippen molar-refractivity contribution in [3.63, 3.8) is 0 Å². The molecule has 1 heterocycles. The van der Waals surface area contributed by atoms with Gasteiger partial charge in [0.25, 0.3) is 0 Å². The first kappa shape index (κ1) is 14.0. The van der Waals surface area contributed by atoms with Gasteiger partial charge in [0.15, 0.2) is 0 Å². The standard InChI is InChI=1S/C13H15BrN4S/c1-17(7-9-6-16-18(2)8-9)12-4-3-10(13(15)19)5-11(12)14/h3-6,8H,7H2,1-2H3,(H2,15,19). The lowest BCUT2D eigenvalue weighted by Crippen LogP contribution is -2.17. The summed E-state index contributed by atoms with van der Waals surface area (Å²) in [6, 6.07) is 5.88. The topological polar surface area (TPSA) is 47.1 Å². The van der Waals surface area contributed by atoms with Crippen molar-refractivity contribution in [2.45, 2.75) is 6.54 Å². The predicted octanol–water partition coefficient (Wildman–Crippen LogP) is 2.45. The molecule has 4 nitrogen and oxygen atoms in total. The second kappa shape index (κ2) is 5.71. The lowest BCUT2D eigenvalue weighted by atomic mass is 10.2. The third kappa shape index (κ3) is 3.33. The van der Waals surface area contributed by atoms with Gasteiger partial charge >= 0.3 is 0 Å². The molecular formula is C13H15BrN4S. The van der Waals surface area contributed by atoms with Gasteiger partial charge in [-0.15, -0.1) is 0 Å². The van der Waals surface area contributed by atoms with Crippen molar-refractivity contribution in [2.24, 2.45) is 12.8 Å². The molecule has 0 saturated heterocycles. The molecule has 0 amide bonds. The van der Waals surface area contributed by atoms with E-state index in [0.717, 1.165) is 27.8 Å². The Morgan fingerprint density at radius 2 is 2.26 bits per heavy atom. The Hall–Kier alpha value is -1.40. The third-order valence-corrected chi connectivity index (χ3v) is 3.69. The van der Waals surface area contributed by atoms with Crippen LogP contribution in [0.15, 0.2) is 35.1 Å². The second-order valence-electron chi connectivity index (χ2n) is 4.41. The molecule has 0 spiro atoms. The van der Waals surface area contributed by atoms with Gasteiger partial charge in [0.2, 0.25) is 0 Å². The Morgan fingerprint density at radius 3 is 2.79 bits per heavy atom. The zero-order chi connectivity index (χ0) is 14.0. The van der Waals surface area contributed by atoms with Crippen LogP contribution in [-0.2, 0) is 13.6 Å². The quantitative estimate of drug-likeness (QED) is 0.870. The van der Waals surface area contributed by atoms with E-state index in [9.17, 15) is 0 Å². The Kier molecular flexibility index (Phi) is 4.21. The summed E-state index contributed by atoms with van der Waals surface area (Å²) in [5.41, 5.74) is 8.73. The van der Waals surface area contributed by atoms with E-state index in [2.05, 4.69) is 25.9 Å². The summed E-state index contributed by atoms with van der Waals surface area (Å²) in [6.45, 7) is 0.791. The summed E-state index contributed by atoms with van der Waals surface area (Å²) in [5, 5.41) is 4.17. The molecule has 0 fully saturated rings. The van der Waals surface area contributed by atoms with Gasteiger partial charge in [-0.25, -0.2) is 0 Å². The summed E-state index contributed by atoms with van der Waals surface area (Å²) >= 11 is 8.53. The fourth-order valence-electron chi connectivity index (χ4n) is 1.88. The Labute approximate surface area is 126 Å². The molecule has 0 unspecified atom stereocenters. The van der Waals surface area contributed by atoms with Gasteiger partial charge in [-0.2, -0.15) is 5.10 Å². The molecule has 0 saturated carbocycles. The van der Waals surface area contributed by atoms with Crippen LogP contribution in [0.2, 0.25) is 0 Å². The highest BCUT2D eigenvalue weighted by Gasteiger charge is 2.09. The van der Waals surface area contributed by atoms with E-state index in [4.69, 9.17) is 18.0 Å². The van der Waals surface area contributed by atoms with E-state index >= 15 is 0 Å². The molecular weight excluding hydrogens is 324 g/mol. The first-order chi connectivity index (χ1) is 8.97. The molecule has 0 aliphatic carbocycles. The number of aromatic nitrogens is 2. The molecule has 0 aliphatic rings. The maximum Gasteiger partial charge on any atom is 0.104 e. The molecule has 2 rings (SSSR count). The van der Waals surface area contributed by atoms with Crippen LogP contribution in [0.25, 0.3) is 0 Å². The van der Waals surface area contributed by atoms with Crippen LogP contribution in [0, 0.1) is 0 Å². The number of halogens is 1. The van der Waals surface area contributed by atoms with Gasteiger partial charge < -0.3 is 10.6 Å². The zero-order valence-corrected chi connectivity index (χ0v) is 13.2.